The highest BCUT2D eigenvalue weighted by Gasteiger charge is 2.34. The fraction of sp³-hybridized carbons (Fsp3) is 0.105. The van der Waals surface area contributed by atoms with Crippen LogP contribution in [0.25, 0.3) is 6.08 Å². The zero-order valence-corrected chi connectivity index (χ0v) is 16.4. The summed E-state index contributed by atoms with van der Waals surface area (Å²) in [7, 11) is 0. The first-order valence-electron chi connectivity index (χ1n) is 7.75. The summed E-state index contributed by atoms with van der Waals surface area (Å²) < 4.78 is 0.867. The van der Waals surface area contributed by atoms with Crippen molar-refractivity contribution in [2.75, 3.05) is 4.90 Å². The van der Waals surface area contributed by atoms with Crippen molar-refractivity contribution in [2.45, 2.75) is 13.8 Å². The van der Waals surface area contributed by atoms with Gasteiger partial charge in [0, 0.05) is 4.47 Å². The molecule has 2 aromatic rings. The molecule has 1 heterocycles. The fourth-order valence-corrected chi connectivity index (χ4v) is 3.27. The molecule has 0 saturated carbocycles. The Morgan fingerprint density at radius 1 is 1.12 bits per heavy atom. The molecule has 0 aliphatic carbocycles. The number of carbonyl (C=O) groups excluding carboxylic acids is 2. The van der Waals surface area contributed by atoms with Gasteiger partial charge < -0.3 is 5.11 Å². The highest BCUT2D eigenvalue weighted by atomic mass is 79.9. The van der Waals surface area contributed by atoms with Gasteiger partial charge in [-0.25, -0.2) is 0 Å². The summed E-state index contributed by atoms with van der Waals surface area (Å²) in [5, 5.41) is 12.5. The number of hydrogen-bond acceptors (Lipinski definition) is 4. The maximum atomic E-state index is 12.9. The second-order valence-electron chi connectivity index (χ2n) is 5.94. The third-order valence-corrected chi connectivity index (χ3v) is 4.82. The minimum Gasteiger partial charge on any atom is -0.507 e. The predicted molar refractivity (Wildman–Crippen MR) is 108 cm³/mol. The van der Waals surface area contributed by atoms with Crippen LogP contribution in [-0.4, -0.2) is 22.0 Å². The van der Waals surface area contributed by atoms with Gasteiger partial charge in [-0.1, -0.05) is 15.9 Å². The minimum absolute atomic E-state index is 0.0222. The van der Waals surface area contributed by atoms with E-state index < -0.39 is 11.8 Å². The zero-order chi connectivity index (χ0) is 19.0. The van der Waals surface area contributed by atoms with Gasteiger partial charge in [-0.3, -0.25) is 19.8 Å². The van der Waals surface area contributed by atoms with Crippen molar-refractivity contribution in [3.05, 3.63) is 63.1 Å². The van der Waals surface area contributed by atoms with Gasteiger partial charge in [0.05, 0.1) is 5.69 Å². The second-order valence-corrected chi connectivity index (χ2v) is 7.24. The van der Waals surface area contributed by atoms with Crippen LogP contribution in [0.15, 0.2) is 46.4 Å². The van der Waals surface area contributed by atoms with Gasteiger partial charge in [0.15, 0.2) is 5.11 Å². The molecule has 26 heavy (non-hydrogen) atoms. The number of rotatable bonds is 2. The number of amides is 2. The fourth-order valence-electron chi connectivity index (χ4n) is 2.72. The molecule has 1 aliphatic heterocycles. The van der Waals surface area contributed by atoms with Crippen LogP contribution >= 0.6 is 28.1 Å². The van der Waals surface area contributed by atoms with Crippen molar-refractivity contribution in [3.63, 3.8) is 0 Å². The molecule has 5 nitrogen and oxygen atoms in total. The van der Waals surface area contributed by atoms with E-state index in [0.717, 1.165) is 4.47 Å². The normalized spacial score (nSPS) is 16.2. The summed E-state index contributed by atoms with van der Waals surface area (Å²) >= 11 is 8.52. The quantitative estimate of drug-likeness (QED) is 0.433. The van der Waals surface area contributed by atoms with Gasteiger partial charge in [-0.2, -0.15) is 0 Å². The highest BCUT2D eigenvalue weighted by Crippen LogP contribution is 2.27. The van der Waals surface area contributed by atoms with Gasteiger partial charge in [-0.15, -0.1) is 0 Å². The lowest BCUT2D eigenvalue weighted by Crippen LogP contribution is -2.54. The van der Waals surface area contributed by atoms with E-state index >= 15 is 0 Å². The van der Waals surface area contributed by atoms with E-state index in [4.69, 9.17) is 12.2 Å². The largest absolute Gasteiger partial charge is 0.507 e. The molecule has 2 amide bonds. The number of nitrogens with one attached hydrogen (secondary N) is 1. The van der Waals surface area contributed by atoms with Crippen LogP contribution in [0.2, 0.25) is 0 Å². The number of halogens is 1. The van der Waals surface area contributed by atoms with Crippen LogP contribution in [0.1, 0.15) is 16.7 Å². The molecule has 7 heteroatoms. The molecule has 2 aromatic carbocycles. The number of thiocarbonyl (C=S) groups is 1. The molecular formula is C19H15BrN2O3S. The summed E-state index contributed by atoms with van der Waals surface area (Å²) in [6.07, 6.45) is 1.50. The van der Waals surface area contributed by atoms with E-state index in [-0.39, 0.29) is 16.4 Å². The predicted octanol–water partition coefficient (Wildman–Crippen LogP) is 3.60. The lowest BCUT2D eigenvalue weighted by atomic mass is 10.0. The van der Waals surface area contributed by atoms with Crippen molar-refractivity contribution in [3.8, 4) is 5.75 Å². The standard InChI is InChI=1S/C19H15BrN2O3S/c1-10-7-12(8-11(2)16(10)23)9-15-17(24)21-19(26)22(18(15)25)14-5-3-13(20)4-6-14/h3-9,23H,1-2H3,(H,21,24,26)/b15-9+. The Kier molecular flexibility index (Phi) is 4.93. The molecule has 0 unspecified atom stereocenters. The molecule has 0 aromatic heterocycles. The van der Waals surface area contributed by atoms with Crippen LogP contribution in [-0.2, 0) is 9.59 Å². The smallest absolute Gasteiger partial charge is 0.270 e. The Morgan fingerprint density at radius 2 is 1.69 bits per heavy atom. The van der Waals surface area contributed by atoms with Crippen LogP contribution in [0, 0.1) is 13.8 Å². The number of hydrogen-bond donors (Lipinski definition) is 2. The SMILES string of the molecule is Cc1cc(/C=C2\C(=O)NC(=S)N(c3ccc(Br)cc3)C2=O)cc(C)c1O. The van der Waals surface area contributed by atoms with E-state index in [9.17, 15) is 14.7 Å². The molecule has 1 fully saturated rings. The molecule has 2 N–H and O–H groups in total. The highest BCUT2D eigenvalue weighted by molar-refractivity contribution is 9.10. The van der Waals surface area contributed by atoms with Crippen molar-refractivity contribution in [1.82, 2.24) is 5.32 Å². The Hall–Kier alpha value is -2.51. The van der Waals surface area contributed by atoms with E-state index in [0.29, 0.717) is 22.4 Å². The lowest BCUT2D eigenvalue weighted by Gasteiger charge is -2.29. The topological polar surface area (TPSA) is 69.6 Å². The maximum absolute atomic E-state index is 12.9. The number of carbonyl (C=O) groups is 2. The van der Waals surface area contributed by atoms with Crippen molar-refractivity contribution in [1.29, 1.82) is 0 Å². The number of anilines is 1. The molecule has 132 valence electrons. The van der Waals surface area contributed by atoms with Crippen LogP contribution < -0.4 is 10.2 Å². The summed E-state index contributed by atoms with van der Waals surface area (Å²) in [6.45, 7) is 3.52. The van der Waals surface area contributed by atoms with Gasteiger partial charge in [0.2, 0.25) is 0 Å². The molecule has 3 rings (SSSR count). The molecule has 0 bridgehead atoms. The van der Waals surface area contributed by atoms with Gasteiger partial charge in [0.25, 0.3) is 11.8 Å². The zero-order valence-electron chi connectivity index (χ0n) is 14.0. The molecule has 0 atom stereocenters. The number of nitrogens with zero attached hydrogens (tertiary/aromatic N) is 1. The molecular weight excluding hydrogens is 416 g/mol. The van der Waals surface area contributed by atoms with E-state index in [1.54, 1.807) is 50.2 Å². The van der Waals surface area contributed by atoms with E-state index in [1.807, 2.05) is 0 Å². The van der Waals surface area contributed by atoms with Crippen LogP contribution in [0.5, 0.6) is 5.75 Å². The lowest BCUT2D eigenvalue weighted by molar-refractivity contribution is -0.122. The maximum Gasteiger partial charge on any atom is 0.270 e. The molecule has 0 radical (unpaired) electrons. The first-order valence-corrected chi connectivity index (χ1v) is 8.95. The summed E-state index contributed by atoms with van der Waals surface area (Å²) in [6, 6.07) is 10.5. The molecule has 1 saturated heterocycles. The Bertz CT molecular complexity index is 944. The Balaban J connectivity index is 2.04. The van der Waals surface area contributed by atoms with Crippen LogP contribution in [0.4, 0.5) is 5.69 Å². The van der Waals surface area contributed by atoms with Crippen molar-refractivity contribution >= 4 is 56.8 Å². The Morgan fingerprint density at radius 3 is 2.27 bits per heavy atom. The van der Waals surface area contributed by atoms with Crippen molar-refractivity contribution < 1.29 is 14.7 Å². The average molecular weight is 431 g/mol. The summed E-state index contributed by atoms with van der Waals surface area (Å²) in [5.41, 5.74) is 2.53. The van der Waals surface area contributed by atoms with Gasteiger partial charge >= 0.3 is 0 Å². The number of phenolic OH excluding ortho intramolecular Hbond substituents is 1. The van der Waals surface area contributed by atoms with E-state index in [1.165, 1.54) is 11.0 Å². The summed E-state index contributed by atoms with van der Waals surface area (Å²) in [4.78, 5) is 26.5. The first kappa shape index (κ1) is 18.3. The number of aryl methyl sites for hydroxylation is 2. The first-order chi connectivity index (χ1) is 12.3. The number of phenols is 1. The summed E-state index contributed by atoms with van der Waals surface area (Å²) in [5.74, 6) is -0.842. The Labute approximate surface area is 164 Å². The molecule has 1 aliphatic rings. The number of benzene rings is 2. The van der Waals surface area contributed by atoms with Gasteiger partial charge in [0.1, 0.15) is 11.3 Å². The third kappa shape index (κ3) is 3.40. The van der Waals surface area contributed by atoms with E-state index in [2.05, 4.69) is 21.2 Å². The van der Waals surface area contributed by atoms with Crippen LogP contribution in [0.3, 0.4) is 0 Å². The van der Waals surface area contributed by atoms with Crippen molar-refractivity contribution in [2.24, 2.45) is 0 Å². The second kappa shape index (κ2) is 7.01. The number of aromatic hydroxyl groups is 1. The molecule has 0 spiro atoms. The van der Waals surface area contributed by atoms with Gasteiger partial charge in [-0.05, 0) is 85.2 Å². The average Bonchev–Trinajstić information content (AvgIpc) is 2.58. The monoisotopic (exact) mass is 430 g/mol. The minimum atomic E-state index is -0.545. The third-order valence-electron chi connectivity index (χ3n) is 4.01.